The van der Waals surface area contributed by atoms with Crippen LogP contribution in [0.25, 0.3) is 21.8 Å². The Hall–Kier alpha value is -2.39. The summed E-state index contributed by atoms with van der Waals surface area (Å²) in [6, 6.07) is 3.57. The highest BCUT2D eigenvalue weighted by atomic mass is 32.2. The minimum absolute atomic E-state index is 0.474. The molecule has 7 nitrogen and oxygen atoms in total. The van der Waals surface area contributed by atoms with Gasteiger partial charge in [-0.3, -0.25) is 0 Å². The molecule has 116 valence electrons. The van der Waals surface area contributed by atoms with Crippen LogP contribution in [0.3, 0.4) is 0 Å². The number of aryl methyl sites for hydroxylation is 2. The van der Waals surface area contributed by atoms with Gasteiger partial charge in [0.1, 0.15) is 15.7 Å². The summed E-state index contributed by atoms with van der Waals surface area (Å²) in [5, 5.41) is 12.7. The van der Waals surface area contributed by atoms with Crippen molar-refractivity contribution in [3.63, 3.8) is 0 Å². The van der Waals surface area contributed by atoms with E-state index in [2.05, 4.69) is 25.5 Å². The van der Waals surface area contributed by atoms with Crippen molar-refractivity contribution >= 4 is 33.3 Å². The van der Waals surface area contributed by atoms with Gasteiger partial charge in [0, 0.05) is 5.39 Å². The summed E-state index contributed by atoms with van der Waals surface area (Å²) in [6.45, 7) is 3.92. The fraction of sp³-hybridized carbons (Fsp3) is 0.143. The van der Waals surface area contributed by atoms with Gasteiger partial charge in [-0.05, 0) is 48.7 Å². The second kappa shape index (κ2) is 5.36. The summed E-state index contributed by atoms with van der Waals surface area (Å²) in [5.41, 5.74) is 1.14. The normalized spacial score (nSPS) is 11.4. The smallest absolute Gasteiger partial charge is 0.218 e. The number of aromatic nitrogens is 5. The third-order valence-corrected chi connectivity index (χ3v) is 5.23. The first kappa shape index (κ1) is 14.2. The molecule has 0 aromatic carbocycles. The van der Waals surface area contributed by atoms with Crippen molar-refractivity contribution in [3.8, 4) is 11.6 Å². The highest BCUT2D eigenvalue weighted by molar-refractivity contribution is 7.99. The van der Waals surface area contributed by atoms with E-state index >= 15 is 0 Å². The molecule has 23 heavy (non-hydrogen) atoms. The highest BCUT2D eigenvalue weighted by Gasteiger charge is 2.18. The summed E-state index contributed by atoms with van der Waals surface area (Å²) < 4.78 is 6.73. The molecule has 0 saturated carbocycles. The lowest BCUT2D eigenvalue weighted by molar-refractivity contribution is 0.574. The van der Waals surface area contributed by atoms with Crippen molar-refractivity contribution in [3.05, 3.63) is 35.2 Å². The number of nitrogens with zero attached hydrogens (tertiary/aromatic N) is 5. The minimum atomic E-state index is 0.474. The molecule has 4 rings (SSSR count). The van der Waals surface area contributed by atoms with Crippen LogP contribution in [-0.2, 0) is 0 Å². The fourth-order valence-electron chi connectivity index (χ4n) is 2.23. The molecule has 0 radical (unpaired) electrons. The van der Waals surface area contributed by atoms with Gasteiger partial charge in [0.2, 0.25) is 11.0 Å². The summed E-state index contributed by atoms with van der Waals surface area (Å²) in [4.78, 5) is 9.98. The van der Waals surface area contributed by atoms with Crippen molar-refractivity contribution in [2.45, 2.75) is 24.0 Å². The summed E-state index contributed by atoms with van der Waals surface area (Å²) in [5.74, 6) is 7.87. The van der Waals surface area contributed by atoms with E-state index in [4.69, 9.17) is 10.3 Å². The van der Waals surface area contributed by atoms with Gasteiger partial charge in [-0.1, -0.05) is 0 Å². The number of fused-ring (bicyclic) bond motifs is 1. The maximum atomic E-state index is 6.11. The average Bonchev–Trinajstić information content (AvgIpc) is 3.22. The van der Waals surface area contributed by atoms with Gasteiger partial charge >= 0.3 is 0 Å². The Morgan fingerprint density at radius 1 is 1.26 bits per heavy atom. The number of thiophene rings is 1. The molecular weight excluding hydrogens is 332 g/mol. The van der Waals surface area contributed by atoms with Gasteiger partial charge in [0.25, 0.3) is 0 Å². The maximum Gasteiger partial charge on any atom is 0.218 e. The van der Waals surface area contributed by atoms with Crippen molar-refractivity contribution < 1.29 is 4.42 Å². The zero-order valence-electron chi connectivity index (χ0n) is 12.3. The zero-order chi connectivity index (χ0) is 16.0. The molecular formula is C14H12N6OS2. The molecule has 0 aliphatic rings. The lowest BCUT2D eigenvalue weighted by Crippen LogP contribution is -2.11. The molecule has 0 atom stereocenters. The van der Waals surface area contributed by atoms with Gasteiger partial charge < -0.3 is 10.3 Å². The molecule has 0 aliphatic carbocycles. The Kier molecular flexibility index (Phi) is 3.31. The van der Waals surface area contributed by atoms with Crippen LogP contribution in [0.1, 0.15) is 11.4 Å². The van der Waals surface area contributed by atoms with Crippen LogP contribution in [0.5, 0.6) is 0 Å². The van der Waals surface area contributed by atoms with Crippen molar-refractivity contribution in [2.75, 3.05) is 5.84 Å². The summed E-state index contributed by atoms with van der Waals surface area (Å²) in [7, 11) is 0. The Morgan fingerprint density at radius 2 is 2.13 bits per heavy atom. The highest BCUT2D eigenvalue weighted by Crippen LogP contribution is 2.35. The van der Waals surface area contributed by atoms with E-state index in [-0.39, 0.29) is 0 Å². The predicted octanol–water partition coefficient (Wildman–Crippen LogP) is 3.02. The van der Waals surface area contributed by atoms with Crippen LogP contribution in [0.15, 0.2) is 38.4 Å². The van der Waals surface area contributed by atoms with Crippen molar-refractivity contribution in [1.29, 1.82) is 0 Å². The standard InChI is InChI=1S/C14H12N6OS2/c1-7-6-22-12-10(7)13(17-8(2)16-12)23-14-19-18-11(20(14)15)9-4-3-5-21-9/h3-6H,15H2,1-2H3. The second-order valence-corrected chi connectivity index (χ2v) is 6.74. The monoisotopic (exact) mass is 344 g/mol. The summed E-state index contributed by atoms with van der Waals surface area (Å²) in [6.07, 6.45) is 1.57. The number of hydrogen-bond acceptors (Lipinski definition) is 8. The number of nitrogens with two attached hydrogens (primary N) is 1. The number of hydrogen-bond donors (Lipinski definition) is 1. The molecule has 4 heterocycles. The lowest BCUT2D eigenvalue weighted by Gasteiger charge is -2.04. The molecule has 0 aliphatic heterocycles. The Labute approximate surface area is 139 Å². The van der Waals surface area contributed by atoms with Gasteiger partial charge in [-0.25, -0.2) is 14.6 Å². The van der Waals surface area contributed by atoms with Crippen LogP contribution in [0.2, 0.25) is 0 Å². The lowest BCUT2D eigenvalue weighted by atomic mass is 10.3. The molecule has 0 bridgehead atoms. The topological polar surface area (TPSA) is 95.7 Å². The molecule has 0 fully saturated rings. The van der Waals surface area contributed by atoms with Gasteiger partial charge in [0.15, 0.2) is 5.76 Å². The van der Waals surface area contributed by atoms with Gasteiger partial charge in [0.05, 0.1) is 6.26 Å². The first-order valence-electron chi connectivity index (χ1n) is 6.78. The van der Waals surface area contributed by atoms with E-state index < -0.39 is 0 Å². The average molecular weight is 344 g/mol. The Bertz CT molecular complexity index is 988. The van der Waals surface area contributed by atoms with Crippen molar-refractivity contribution in [1.82, 2.24) is 24.8 Å². The fourth-order valence-corrected chi connectivity index (χ4v) is 4.24. The van der Waals surface area contributed by atoms with E-state index in [9.17, 15) is 0 Å². The SMILES string of the molecule is Cc1nc(Sc2nnc(-c3ccco3)n2N)c2c(C)csc2n1. The van der Waals surface area contributed by atoms with Crippen molar-refractivity contribution in [2.24, 2.45) is 0 Å². The zero-order valence-corrected chi connectivity index (χ0v) is 14.0. The van der Waals surface area contributed by atoms with Gasteiger partial charge in [-0.2, -0.15) is 0 Å². The molecule has 4 aromatic rings. The second-order valence-electron chi connectivity index (χ2n) is 4.93. The molecule has 0 amide bonds. The maximum absolute atomic E-state index is 6.11. The van der Waals surface area contributed by atoms with E-state index in [1.165, 1.54) is 16.4 Å². The molecule has 4 aromatic heterocycles. The third kappa shape index (κ3) is 2.37. The van der Waals surface area contributed by atoms with E-state index in [0.717, 1.165) is 26.6 Å². The first-order chi connectivity index (χ1) is 11.1. The minimum Gasteiger partial charge on any atom is -0.461 e. The number of furan rings is 1. The first-order valence-corrected chi connectivity index (χ1v) is 8.48. The Morgan fingerprint density at radius 3 is 2.91 bits per heavy atom. The molecule has 0 unspecified atom stereocenters. The van der Waals surface area contributed by atoms with E-state index in [0.29, 0.717) is 16.7 Å². The van der Waals surface area contributed by atoms with Gasteiger partial charge in [-0.15, -0.1) is 21.5 Å². The van der Waals surface area contributed by atoms with E-state index in [1.54, 1.807) is 29.7 Å². The van der Waals surface area contributed by atoms with Crippen LogP contribution in [0.4, 0.5) is 0 Å². The molecule has 0 saturated heterocycles. The quantitative estimate of drug-likeness (QED) is 0.451. The molecule has 9 heteroatoms. The summed E-state index contributed by atoms with van der Waals surface area (Å²) >= 11 is 2.98. The molecule has 0 spiro atoms. The largest absolute Gasteiger partial charge is 0.461 e. The number of rotatable bonds is 3. The molecule has 2 N–H and O–H groups in total. The number of nitrogen functional groups attached to an aromatic ring is 1. The third-order valence-electron chi connectivity index (χ3n) is 3.29. The van der Waals surface area contributed by atoms with E-state index in [1.807, 2.05) is 13.8 Å². The van der Waals surface area contributed by atoms with Crippen LogP contribution >= 0.6 is 23.1 Å². The predicted molar refractivity (Wildman–Crippen MR) is 88.9 cm³/mol. The van der Waals surface area contributed by atoms with Crippen LogP contribution in [-0.4, -0.2) is 24.8 Å². The van der Waals surface area contributed by atoms with Crippen LogP contribution in [0, 0.1) is 13.8 Å². The Balaban J connectivity index is 1.79. The van der Waals surface area contributed by atoms with Crippen LogP contribution < -0.4 is 5.84 Å².